The molecule has 4 heteroatoms. The average molecular weight is 189 g/mol. The number of fused-ring (bicyclic) bond motifs is 1. The molecule has 4 nitrogen and oxygen atoms in total. The van der Waals surface area contributed by atoms with Crippen LogP contribution in [0.4, 0.5) is 0 Å². The van der Waals surface area contributed by atoms with Crippen LogP contribution in [0.25, 0.3) is 0 Å². The van der Waals surface area contributed by atoms with Crippen LogP contribution in [0.1, 0.15) is 20.8 Å². The molecule has 0 saturated carbocycles. The molecule has 1 aliphatic rings. The lowest BCUT2D eigenvalue weighted by Crippen LogP contribution is -2.19. The lowest BCUT2D eigenvalue weighted by molar-refractivity contribution is 0.0912. The van der Waals surface area contributed by atoms with Gasteiger partial charge in [0, 0.05) is 12.3 Å². The first-order chi connectivity index (χ1) is 6.74. The highest BCUT2D eigenvalue weighted by molar-refractivity contribution is 6.22. The Morgan fingerprint density at radius 1 is 1.36 bits per heavy atom. The second kappa shape index (κ2) is 3.06. The van der Waals surface area contributed by atoms with Gasteiger partial charge in [-0.15, -0.1) is 0 Å². The summed E-state index contributed by atoms with van der Waals surface area (Å²) in [5.74, 6) is -0.548. The quantitative estimate of drug-likeness (QED) is 0.661. The maximum atomic E-state index is 11.6. The molecule has 14 heavy (non-hydrogen) atoms. The Morgan fingerprint density at radius 2 is 2.14 bits per heavy atom. The smallest absolute Gasteiger partial charge is 0.246 e. The van der Waals surface area contributed by atoms with Gasteiger partial charge in [0.05, 0.1) is 12.7 Å². The number of carbonyl (C=O) groups is 2. The summed E-state index contributed by atoms with van der Waals surface area (Å²) in [6.45, 7) is 0. The van der Waals surface area contributed by atoms with Gasteiger partial charge in [0.2, 0.25) is 5.78 Å². The lowest BCUT2D eigenvalue weighted by Gasteiger charge is -2.11. The van der Waals surface area contributed by atoms with Crippen molar-refractivity contribution in [2.45, 2.75) is 0 Å². The van der Waals surface area contributed by atoms with E-state index in [9.17, 15) is 9.59 Å². The summed E-state index contributed by atoms with van der Waals surface area (Å²) < 4.78 is 4.78. The second-order valence-electron chi connectivity index (χ2n) is 2.81. The maximum absolute atomic E-state index is 11.6. The van der Waals surface area contributed by atoms with Gasteiger partial charge in [0.15, 0.2) is 11.5 Å². The van der Waals surface area contributed by atoms with Crippen LogP contribution in [-0.2, 0) is 4.74 Å². The van der Waals surface area contributed by atoms with E-state index in [1.807, 2.05) is 0 Å². The number of methoxy groups -OCH3 is 1. The third-order valence-corrected chi connectivity index (χ3v) is 1.99. The Balaban J connectivity index is 2.61. The van der Waals surface area contributed by atoms with Crippen molar-refractivity contribution >= 4 is 11.6 Å². The van der Waals surface area contributed by atoms with Gasteiger partial charge in [-0.1, -0.05) is 0 Å². The minimum absolute atomic E-state index is 0.0428. The lowest BCUT2D eigenvalue weighted by atomic mass is 9.99. The third kappa shape index (κ3) is 1.12. The topological polar surface area (TPSA) is 56.3 Å². The van der Waals surface area contributed by atoms with Crippen LogP contribution in [0.15, 0.2) is 30.2 Å². The van der Waals surface area contributed by atoms with Gasteiger partial charge in [-0.2, -0.15) is 0 Å². The summed E-state index contributed by atoms with van der Waals surface area (Å²) in [6, 6.07) is 3.20. The van der Waals surface area contributed by atoms with Crippen molar-refractivity contribution < 1.29 is 14.3 Å². The van der Waals surface area contributed by atoms with E-state index < -0.39 is 0 Å². The van der Waals surface area contributed by atoms with Crippen LogP contribution in [0, 0.1) is 0 Å². The van der Waals surface area contributed by atoms with E-state index in [4.69, 9.17) is 4.74 Å². The molecule has 1 aromatic heterocycles. The largest absolute Gasteiger partial charge is 0.492 e. The Kier molecular flexibility index (Phi) is 1.89. The fraction of sp³-hybridized carbons (Fsp3) is 0.100. The molecule has 0 amide bonds. The minimum Gasteiger partial charge on any atom is -0.492 e. The number of aromatic nitrogens is 1. The monoisotopic (exact) mass is 189 g/mol. The molecule has 0 aromatic carbocycles. The fourth-order valence-electron chi connectivity index (χ4n) is 1.32. The van der Waals surface area contributed by atoms with E-state index in [2.05, 4.69) is 4.98 Å². The van der Waals surface area contributed by atoms with Crippen molar-refractivity contribution in [2.24, 2.45) is 0 Å². The zero-order valence-corrected chi connectivity index (χ0v) is 7.48. The SMILES string of the molecule is COC1=CC(=O)c2cccnc2C1=O. The van der Waals surface area contributed by atoms with Crippen LogP contribution in [0.3, 0.4) is 0 Å². The first kappa shape index (κ1) is 8.62. The number of hydrogen-bond acceptors (Lipinski definition) is 4. The number of allylic oxidation sites excluding steroid dienone is 2. The van der Waals surface area contributed by atoms with E-state index in [0.29, 0.717) is 5.56 Å². The predicted octanol–water partition coefficient (Wildman–Crippen LogP) is 0.991. The van der Waals surface area contributed by atoms with Crippen molar-refractivity contribution in [2.75, 3.05) is 7.11 Å². The molecule has 0 fully saturated rings. The van der Waals surface area contributed by atoms with Crippen molar-refractivity contribution in [3.8, 4) is 0 Å². The molecule has 0 aliphatic heterocycles. The van der Waals surface area contributed by atoms with Gasteiger partial charge < -0.3 is 4.74 Å². The summed E-state index contributed by atoms with van der Waals surface area (Å²) in [5, 5.41) is 0. The van der Waals surface area contributed by atoms with Gasteiger partial charge in [0.25, 0.3) is 0 Å². The number of rotatable bonds is 1. The van der Waals surface area contributed by atoms with E-state index in [-0.39, 0.29) is 23.0 Å². The zero-order valence-electron chi connectivity index (χ0n) is 7.48. The van der Waals surface area contributed by atoms with Crippen LogP contribution in [0.2, 0.25) is 0 Å². The standard InChI is InChI=1S/C10H7NO3/c1-14-8-5-7(12)6-3-2-4-11-9(6)10(8)13/h2-5H,1H3. The maximum Gasteiger partial charge on any atom is 0.246 e. The molecule has 0 unspecified atom stereocenters. The van der Waals surface area contributed by atoms with E-state index in [1.54, 1.807) is 12.1 Å². The molecule has 0 atom stereocenters. The number of Topliss-reactive ketones (excluding diaryl/α,β-unsaturated/α-hetero) is 1. The Labute approximate surface area is 80.2 Å². The van der Waals surface area contributed by atoms with Gasteiger partial charge >= 0.3 is 0 Å². The van der Waals surface area contributed by atoms with Gasteiger partial charge in [-0.3, -0.25) is 14.6 Å². The van der Waals surface area contributed by atoms with Crippen molar-refractivity contribution in [3.05, 3.63) is 41.4 Å². The number of hydrogen-bond donors (Lipinski definition) is 0. The molecule has 70 valence electrons. The highest BCUT2D eigenvalue weighted by Crippen LogP contribution is 2.18. The summed E-state index contributed by atoms with van der Waals surface area (Å²) in [4.78, 5) is 26.9. The molecule has 1 heterocycles. The van der Waals surface area contributed by atoms with Crippen molar-refractivity contribution in [3.63, 3.8) is 0 Å². The molecule has 0 radical (unpaired) electrons. The Hall–Kier alpha value is -1.97. The zero-order chi connectivity index (χ0) is 10.1. The van der Waals surface area contributed by atoms with E-state index >= 15 is 0 Å². The van der Waals surface area contributed by atoms with E-state index in [1.165, 1.54) is 19.4 Å². The minimum atomic E-state index is -0.345. The molecular weight excluding hydrogens is 182 g/mol. The first-order valence-corrected chi connectivity index (χ1v) is 4.04. The average Bonchev–Trinajstić information content (AvgIpc) is 2.23. The highest BCUT2D eigenvalue weighted by atomic mass is 16.5. The van der Waals surface area contributed by atoms with Gasteiger partial charge in [-0.25, -0.2) is 0 Å². The summed E-state index contributed by atoms with van der Waals surface area (Å²) in [7, 11) is 1.35. The second-order valence-corrected chi connectivity index (χ2v) is 2.81. The Morgan fingerprint density at radius 3 is 2.86 bits per heavy atom. The van der Waals surface area contributed by atoms with Gasteiger partial charge in [-0.05, 0) is 12.1 Å². The molecule has 1 aliphatic carbocycles. The molecule has 1 aromatic rings. The molecular formula is C10H7NO3. The highest BCUT2D eigenvalue weighted by Gasteiger charge is 2.26. The first-order valence-electron chi connectivity index (χ1n) is 4.04. The van der Waals surface area contributed by atoms with Crippen LogP contribution in [-0.4, -0.2) is 23.7 Å². The van der Waals surface area contributed by atoms with Crippen molar-refractivity contribution in [1.29, 1.82) is 0 Å². The number of ether oxygens (including phenoxy) is 1. The van der Waals surface area contributed by atoms with Crippen LogP contribution < -0.4 is 0 Å². The summed E-state index contributed by atoms with van der Waals surface area (Å²) in [5.41, 5.74) is 0.496. The number of pyridine rings is 1. The van der Waals surface area contributed by atoms with Crippen LogP contribution >= 0.6 is 0 Å². The predicted molar refractivity (Wildman–Crippen MR) is 48.0 cm³/mol. The molecule has 0 saturated heterocycles. The van der Waals surface area contributed by atoms with E-state index in [0.717, 1.165) is 0 Å². The Bertz CT molecular complexity index is 448. The number of carbonyl (C=O) groups excluding carboxylic acids is 2. The molecule has 0 N–H and O–H groups in total. The summed E-state index contributed by atoms with van der Waals surface area (Å²) in [6.07, 6.45) is 2.66. The van der Waals surface area contributed by atoms with Gasteiger partial charge in [0.1, 0.15) is 5.69 Å². The van der Waals surface area contributed by atoms with Crippen LogP contribution in [0.5, 0.6) is 0 Å². The normalized spacial score (nSPS) is 14.8. The molecule has 2 rings (SSSR count). The number of nitrogens with zero attached hydrogens (tertiary/aromatic N) is 1. The number of ketones is 2. The summed E-state index contributed by atoms with van der Waals surface area (Å²) >= 11 is 0. The molecule has 0 spiro atoms. The molecule has 0 bridgehead atoms. The third-order valence-electron chi connectivity index (χ3n) is 1.99. The fourth-order valence-corrected chi connectivity index (χ4v) is 1.32. The van der Waals surface area contributed by atoms with Crippen molar-refractivity contribution in [1.82, 2.24) is 4.98 Å².